The summed E-state index contributed by atoms with van der Waals surface area (Å²) in [6.07, 6.45) is 5.82. The normalized spacial score (nSPS) is 29.2. The molecule has 1 heterocycles. The Labute approximate surface area is 109 Å². The number of benzene rings is 1. The summed E-state index contributed by atoms with van der Waals surface area (Å²) in [6, 6.07) is 11.1. The van der Waals surface area contributed by atoms with Gasteiger partial charge in [0.15, 0.2) is 0 Å². The van der Waals surface area contributed by atoms with E-state index in [0.29, 0.717) is 17.9 Å². The Morgan fingerprint density at radius 2 is 1.89 bits per heavy atom. The Hall–Kier alpha value is -1.31. The van der Waals surface area contributed by atoms with E-state index in [2.05, 4.69) is 36.1 Å². The summed E-state index contributed by atoms with van der Waals surface area (Å²) in [4.78, 5) is 14.4. The van der Waals surface area contributed by atoms with Gasteiger partial charge in [0, 0.05) is 12.5 Å². The molecule has 1 saturated heterocycles. The molecule has 0 bridgehead atoms. The van der Waals surface area contributed by atoms with Crippen molar-refractivity contribution in [1.29, 1.82) is 0 Å². The second kappa shape index (κ2) is 4.75. The fourth-order valence-electron chi connectivity index (χ4n) is 3.70. The molecule has 1 aromatic rings. The molecule has 1 aliphatic carbocycles. The average molecular weight is 243 g/mol. The summed E-state index contributed by atoms with van der Waals surface area (Å²) in [5.41, 5.74) is 1.26. The number of carbonyl (C=O) groups excluding carboxylic acids is 1. The zero-order valence-electron chi connectivity index (χ0n) is 11.0. The van der Waals surface area contributed by atoms with Gasteiger partial charge in [-0.25, -0.2) is 0 Å². The molecule has 0 unspecified atom stereocenters. The van der Waals surface area contributed by atoms with Crippen LogP contribution in [0.4, 0.5) is 0 Å². The van der Waals surface area contributed by atoms with Crippen LogP contribution in [-0.2, 0) is 4.79 Å². The molecule has 1 aromatic carbocycles. The third kappa shape index (κ3) is 1.94. The third-order valence-electron chi connectivity index (χ3n) is 4.65. The maximum atomic E-state index is 12.3. The van der Waals surface area contributed by atoms with Crippen LogP contribution in [0.5, 0.6) is 0 Å². The summed E-state index contributed by atoms with van der Waals surface area (Å²) in [7, 11) is 0. The molecule has 18 heavy (non-hydrogen) atoms. The Bertz CT molecular complexity index is 428. The molecule has 3 rings (SSSR count). The zero-order valence-corrected chi connectivity index (χ0v) is 11.0. The number of rotatable bonds is 2. The Morgan fingerprint density at radius 1 is 1.17 bits per heavy atom. The molecule has 2 nitrogen and oxygen atoms in total. The minimum Gasteiger partial charge on any atom is -0.333 e. The van der Waals surface area contributed by atoms with Crippen molar-refractivity contribution >= 4 is 5.91 Å². The van der Waals surface area contributed by atoms with Gasteiger partial charge in [0.25, 0.3) is 0 Å². The van der Waals surface area contributed by atoms with Gasteiger partial charge in [-0.1, -0.05) is 43.2 Å². The number of fused-ring (bicyclic) bond motifs is 1. The molecule has 1 saturated carbocycles. The van der Waals surface area contributed by atoms with E-state index in [1.165, 1.54) is 31.2 Å². The highest BCUT2D eigenvalue weighted by molar-refractivity contribution is 5.80. The van der Waals surface area contributed by atoms with E-state index in [9.17, 15) is 4.79 Å². The van der Waals surface area contributed by atoms with Crippen molar-refractivity contribution in [2.45, 2.75) is 51.1 Å². The largest absolute Gasteiger partial charge is 0.333 e. The van der Waals surface area contributed by atoms with Crippen molar-refractivity contribution in [2.24, 2.45) is 5.92 Å². The smallest absolute Gasteiger partial charge is 0.223 e. The van der Waals surface area contributed by atoms with Gasteiger partial charge < -0.3 is 4.90 Å². The van der Waals surface area contributed by atoms with E-state index in [-0.39, 0.29) is 6.04 Å². The Morgan fingerprint density at radius 3 is 2.67 bits per heavy atom. The minimum absolute atomic E-state index is 0.229. The lowest BCUT2D eigenvalue weighted by Crippen LogP contribution is -2.38. The molecule has 2 fully saturated rings. The van der Waals surface area contributed by atoms with Gasteiger partial charge in [-0.05, 0) is 31.2 Å². The van der Waals surface area contributed by atoms with Crippen LogP contribution in [0.3, 0.4) is 0 Å². The topological polar surface area (TPSA) is 20.3 Å². The van der Waals surface area contributed by atoms with E-state index in [4.69, 9.17) is 0 Å². The van der Waals surface area contributed by atoms with Crippen LogP contribution in [-0.4, -0.2) is 16.8 Å². The van der Waals surface area contributed by atoms with Gasteiger partial charge in [-0.15, -0.1) is 0 Å². The molecular formula is C16H21NO. The quantitative estimate of drug-likeness (QED) is 0.778. The van der Waals surface area contributed by atoms with Crippen molar-refractivity contribution in [3.8, 4) is 0 Å². The number of hydrogen-bond donors (Lipinski definition) is 0. The first-order chi connectivity index (χ1) is 8.77. The van der Waals surface area contributed by atoms with Crippen LogP contribution in [0, 0.1) is 5.92 Å². The van der Waals surface area contributed by atoms with Crippen LogP contribution in [0.15, 0.2) is 30.3 Å². The second-order valence-corrected chi connectivity index (χ2v) is 5.70. The lowest BCUT2D eigenvalue weighted by molar-refractivity contribution is -0.131. The highest BCUT2D eigenvalue weighted by atomic mass is 16.2. The van der Waals surface area contributed by atoms with Gasteiger partial charge in [-0.2, -0.15) is 0 Å². The predicted molar refractivity (Wildman–Crippen MR) is 72.1 cm³/mol. The first-order valence-corrected chi connectivity index (χ1v) is 7.13. The van der Waals surface area contributed by atoms with Crippen molar-refractivity contribution in [1.82, 2.24) is 4.90 Å². The van der Waals surface area contributed by atoms with Gasteiger partial charge in [0.05, 0.1) is 6.04 Å². The number of hydrogen-bond acceptors (Lipinski definition) is 1. The van der Waals surface area contributed by atoms with Crippen molar-refractivity contribution in [3.63, 3.8) is 0 Å². The van der Waals surface area contributed by atoms with E-state index in [0.717, 1.165) is 6.42 Å². The maximum Gasteiger partial charge on any atom is 0.223 e. The lowest BCUT2D eigenvalue weighted by Gasteiger charge is -2.35. The summed E-state index contributed by atoms with van der Waals surface area (Å²) in [5.74, 6) is 0.987. The third-order valence-corrected chi connectivity index (χ3v) is 4.65. The molecule has 3 atom stereocenters. The summed E-state index contributed by atoms with van der Waals surface area (Å²) in [6.45, 7) is 2.17. The second-order valence-electron chi connectivity index (χ2n) is 5.70. The molecule has 0 N–H and O–H groups in total. The highest BCUT2D eigenvalue weighted by Crippen LogP contribution is 2.41. The SMILES string of the molecule is C[C@@H](c1ccccc1)N1C(=O)C[C@@H]2CCCC[C@@H]21. The average Bonchev–Trinajstić information content (AvgIpc) is 2.75. The fraction of sp³-hybridized carbons (Fsp3) is 0.562. The van der Waals surface area contributed by atoms with E-state index >= 15 is 0 Å². The lowest BCUT2D eigenvalue weighted by atomic mass is 9.85. The van der Waals surface area contributed by atoms with Gasteiger partial charge in [-0.3, -0.25) is 4.79 Å². The summed E-state index contributed by atoms with van der Waals surface area (Å²) < 4.78 is 0. The van der Waals surface area contributed by atoms with Gasteiger partial charge in [0.1, 0.15) is 0 Å². The molecule has 0 aromatic heterocycles. The Kier molecular flexibility index (Phi) is 3.11. The van der Waals surface area contributed by atoms with Crippen molar-refractivity contribution in [2.75, 3.05) is 0 Å². The molecule has 2 heteroatoms. The molecule has 0 spiro atoms. The van der Waals surface area contributed by atoms with E-state index in [1.54, 1.807) is 0 Å². The van der Waals surface area contributed by atoms with Crippen LogP contribution in [0.1, 0.15) is 50.6 Å². The minimum atomic E-state index is 0.229. The molecule has 1 aliphatic heterocycles. The first-order valence-electron chi connectivity index (χ1n) is 7.13. The zero-order chi connectivity index (χ0) is 12.5. The van der Waals surface area contributed by atoms with Crippen LogP contribution < -0.4 is 0 Å². The molecule has 2 aliphatic rings. The Balaban J connectivity index is 1.84. The number of likely N-dealkylation sites (tertiary alicyclic amines) is 1. The number of carbonyl (C=O) groups is 1. The molecule has 96 valence electrons. The highest BCUT2D eigenvalue weighted by Gasteiger charge is 2.42. The molecular weight excluding hydrogens is 222 g/mol. The van der Waals surface area contributed by atoms with Crippen LogP contribution in [0.2, 0.25) is 0 Å². The monoisotopic (exact) mass is 243 g/mol. The van der Waals surface area contributed by atoms with Crippen LogP contribution >= 0.6 is 0 Å². The van der Waals surface area contributed by atoms with Crippen molar-refractivity contribution in [3.05, 3.63) is 35.9 Å². The fourth-order valence-corrected chi connectivity index (χ4v) is 3.70. The first kappa shape index (κ1) is 11.8. The molecule has 0 radical (unpaired) electrons. The molecule has 1 amide bonds. The summed E-state index contributed by atoms with van der Waals surface area (Å²) >= 11 is 0. The standard InChI is InChI=1S/C16H21NO/c1-12(13-7-3-2-4-8-13)17-15-10-6-5-9-14(15)11-16(17)18/h2-4,7-8,12,14-15H,5-6,9-11H2,1H3/t12-,14-,15-/m0/s1. The van der Waals surface area contributed by atoms with Gasteiger partial charge in [0.2, 0.25) is 5.91 Å². The van der Waals surface area contributed by atoms with E-state index in [1.807, 2.05) is 6.07 Å². The van der Waals surface area contributed by atoms with Gasteiger partial charge >= 0.3 is 0 Å². The van der Waals surface area contributed by atoms with Crippen molar-refractivity contribution < 1.29 is 4.79 Å². The number of nitrogens with zero attached hydrogens (tertiary/aromatic N) is 1. The number of amides is 1. The van der Waals surface area contributed by atoms with Crippen LogP contribution in [0.25, 0.3) is 0 Å². The predicted octanol–water partition coefficient (Wildman–Crippen LogP) is 3.54. The van der Waals surface area contributed by atoms with E-state index < -0.39 is 0 Å². The maximum absolute atomic E-state index is 12.3. The summed E-state index contributed by atoms with van der Waals surface area (Å²) in [5, 5.41) is 0.